The van der Waals surface area contributed by atoms with Crippen molar-refractivity contribution in [2.75, 3.05) is 59.0 Å². The summed E-state index contributed by atoms with van der Waals surface area (Å²) in [5.74, 6) is -6.69. The van der Waals surface area contributed by atoms with Gasteiger partial charge in [-0.05, 0) is 179 Å². The molecule has 0 radical (unpaired) electrons. The zero-order valence-corrected chi connectivity index (χ0v) is 72.0. The lowest BCUT2D eigenvalue weighted by Crippen LogP contribution is -2.54. The molecule has 638 valence electrons. The highest BCUT2D eigenvalue weighted by Crippen LogP contribution is 2.34. The molecule has 1 unspecified atom stereocenters. The summed E-state index contributed by atoms with van der Waals surface area (Å²) in [7, 11) is 0. The molecule has 4 aliphatic rings. The van der Waals surface area contributed by atoms with E-state index in [9.17, 15) is 60.2 Å². The first kappa shape index (κ1) is 99.6. The number of carboxylic acids is 2. The van der Waals surface area contributed by atoms with E-state index in [4.69, 9.17) is 175 Å². The van der Waals surface area contributed by atoms with Crippen LogP contribution in [0.15, 0.2) is 191 Å². The summed E-state index contributed by atoms with van der Waals surface area (Å²) in [6.45, 7) is 2.16. The van der Waals surface area contributed by atoms with Crippen LogP contribution in [-0.4, -0.2) is 172 Å². The van der Waals surface area contributed by atoms with Crippen LogP contribution in [-0.2, 0) is 55.9 Å². The Bertz CT molecular complexity index is 5170. The molecule has 121 heavy (non-hydrogen) atoms. The number of nitrogens with zero attached hydrogens (tertiary/aromatic N) is 4. The number of hydrogen-bond acceptors (Lipinski definition) is 14. The number of benzene rings is 7. The molecular weight excluding hydrogens is 1860 g/mol. The Morgan fingerprint density at radius 3 is 0.992 bits per heavy atom. The third kappa shape index (κ3) is 29.9. The number of aromatic nitrogens is 1. The van der Waals surface area contributed by atoms with E-state index in [2.05, 4.69) is 10.3 Å². The van der Waals surface area contributed by atoms with E-state index in [1.165, 1.54) is 0 Å². The van der Waals surface area contributed by atoms with Crippen molar-refractivity contribution in [2.45, 2.75) is 43.3 Å². The van der Waals surface area contributed by atoms with Crippen LogP contribution in [0.2, 0.25) is 60.3 Å². The maximum absolute atomic E-state index is 13.5. The van der Waals surface area contributed by atoms with Crippen LogP contribution in [0.25, 0.3) is 36.5 Å². The SMILES string of the molecule is Cl.N[C@@H](Cc1cccc(O)c1)C(=O)N1C/C(=C\c2ccc(Cl)c(Cl)c2)C(=O)/C(=C/c2ccc(Cl)c(Cl)c2)C1.N[C@@H](Cc1ccccn1)C(=O)N1C/C(=C\c2ccc(Cl)c(Cl)c2)C(=O)/C(=C/c2ccc(Cl)c(Cl)c2)C1.O=C(O)C(F)(F)F.O=C(O)C(F)(F)F.O=C1/C(=C/c2ccc(Cl)c(Cl)c2)CN(C(=O)C2COCCN2)C/C1=C\c1ccc(Cl)c(Cl)c1. The van der Waals surface area contributed by atoms with Gasteiger partial charge in [-0.3, -0.25) is 33.8 Å². The molecule has 0 saturated carbocycles. The lowest BCUT2D eigenvalue weighted by Gasteiger charge is -2.34. The number of likely N-dealkylation sites (tertiary alicyclic amines) is 3. The number of alkyl halides is 6. The Kier molecular flexibility index (Phi) is 37.6. The highest BCUT2D eigenvalue weighted by molar-refractivity contribution is 6.45. The van der Waals surface area contributed by atoms with Crippen LogP contribution in [0.5, 0.6) is 5.75 Å². The van der Waals surface area contributed by atoms with Gasteiger partial charge in [-0.2, -0.15) is 26.3 Å². The van der Waals surface area contributed by atoms with Crippen molar-refractivity contribution in [3.05, 3.63) is 296 Å². The second-order valence-electron chi connectivity index (χ2n) is 26.4. The van der Waals surface area contributed by atoms with E-state index in [0.717, 1.165) is 16.7 Å². The number of rotatable bonds is 13. The molecule has 3 amide bonds. The Morgan fingerprint density at radius 2 is 0.736 bits per heavy atom. The molecular formula is C83H66Cl13F6N7O12. The molecule has 0 aliphatic carbocycles. The number of carbonyl (C=O) groups is 8. The summed E-state index contributed by atoms with van der Waals surface area (Å²) in [4.78, 5) is 107. The van der Waals surface area contributed by atoms with Gasteiger partial charge in [-0.25, -0.2) is 9.59 Å². The van der Waals surface area contributed by atoms with Gasteiger partial charge in [0, 0.05) is 97.6 Å². The standard InChI is InChI=1S/C28H22Cl4N2O3.C27H21Cl4N3O2.C24H20Cl4N2O3.2C2HF3O2.ClH/c29-22-6-4-17(11-24(22)31)8-19-14-34(28(37)26(33)13-16-2-1-3-21(35)10-16)15-20(27(19)36)9-18-5-7-23(30)25(32)12-18;28-21-6-4-16(11-23(21)30)9-18-14-34(27(36)25(32)13-20-3-1-2-8-33-20)15-19(26(18)35)10-17-5-7-22(29)24(31)12-17;25-18-3-1-14(9-20(18)27)7-16-11-30(24(32)22-13-33-6-5-29-22)12-17(23(16)31)8-15-2-4-19(26)21(28)10-15;2*3-2(4,5)1(6)7;/h1-12,26,35H,13-15,33H2;1-12,25H,13-15,32H2;1-4,7-10,22,29H,5-6,11-13H2;2*(H,6,7);1H/b19-8+,20-9+;18-9+,19-10+;16-7+,17-8+;;;/t26-;25-;;;;/m00..../s1. The maximum atomic E-state index is 13.5. The molecule has 38 heteroatoms. The molecule has 1 aromatic heterocycles. The predicted octanol–water partition coefficient (Wildman–Crippen LogP) is 19.5. The molecule has 0 spiro atoms. The normalized spacial score (nSPS) is 17.4. The lowest BCUT2D eigenvalue weighted by molar-refractivity contribution is -0.193. The zero-order valence-electron chi connectivity index (χ0n) is 62.2. The van der Waals surface area contributed by atoms with Gasteiger partial charge in [0.1, 0.15) is 11.8 Å². The largest absolute Gasteiger partial charge is 0.508 e. The fourth-order valence-corrected chi connectivity index (χ4v) is 13.5. The van der Waals surface area contributed by atoms with Crippen molar-refractivity contribution in [3.8, 4) is 5.75 Å². The Balaban J connectivity index is 0.000000230. The molecule has 8 aromatic rings. The molecule has 0 bridgehead atoms. The van der Waals surface area contributed by atoms with Gasteiger partial charge in [0.15, 0.2) is 17.3 Å². The molecule has 4 saturated heterocycles. The first-order valence-electron chi connectivity index (χ1n) is 35.1. The fourth-order valence-electron chi connectivity index (χ4n) is 11.7. The van der Waals surface area contributed by atoms with Gasteiger partial charge < -0.3 is 51.5 Å². The van der Waals surface area contributed by atoms with E-state index in [1.54, 1.807) is 197 Å². The number of nitrogens with two attached hydrogens (primary N) is 2. The lowest BCUT2D eigenvalue weighted by atomic mass is 9.93. The monoisotopic (exact) mass is 1920 g/mol. The fraction of sp³-hybridized carbons (Fsp3) is 0.193. The summed E-state index contributed by atoms with van der Waals surface area (Å²) in [6, 6.07) is 40.4. The van der Waals surface area contributed by atoms with Crippen molar-refractivity contribution < 1.29 is 84.8 Å². The Labute approximate surface area is 754 Å². The van der Waals surface area contributed by atoms with Crippen molar-refractivity contribution in [2.24, 2.45) is 11.5 Å². The van der Waals surface area contributed by atoms with Gasteiger partial charge in [0.2, 0.25) is 17.7 Å². The highest BCUT2D eigenvalue weighted by atomic mass is 35.5. The Hall–Kier alpha value is -8.52. The molecule has 19 nitrogen and oxygen atoms in total. The average Bonchev–Trinajstić information content (AvgIpc) is 0.805. The average molecular weight is 1930 g/mol. The summed E-state index contributed by atoms with van der Waals surface area (Å²) >= 11 is 73.1. The summed E-state index contributed by atoms with van der Waals surface area (Å²) in [5, 5.41) is 31.8. The van der Waals surface area contributed by atoms with Gasteiger partial charge >= 0.3 is 24.3 Å². The molecule has 4 fully saturated rings. The number of nitrogens with one attached hydrogen (secondary N) is 1. The quantitative estimate of drug-likeness (QED) is 0.0462. The number of morpholine rings is 1. The van der Waals surface area contributed by atoms with Crippen molar-refractivity contribution in [3.63, 3.8) is 0 Å². The van der Waals surface area contributed by atoms with E-state index < -0.39 is 42.4 Å². The number of aromatic hydroxyl groups is 1. The molecule has 7 aromatic carbocycles. The number of ketones is 3. The number of halogens is 19. The number of amides is 3. The minimum Gasteiger partial charge on any atom is -0.508 e. The van der Waals surface area contributed by atoms with E-state index in [1.807, 2.05) is 12.1 Å². The number of hydrogen-bond donors (Lipinski definition) is 6. The van der Waals surface area contributed by atoms with Gasteiger partial charge in [-0.1, -0.05) is 194 Å². The van der Waals surface area contributed by atoms with Gasteiger partial charge in [0.05, 0.1) is 85.6 Å². The number of carbonyl (C=O) groups excluding carboxylic acids is 6. The minimum atomic E-state index is -5.08. The molecule has 12 rings (SSSR count). The van der Waals surface area contributed by atoms with E-state index in [0.29, 0.717) is 141 Å². The number of aliphatic carboxylic acids is 2. The molecule has 3 atom stereocenters. The first-order chi connectivity index (χ1) is 56.5. The summed E-state index contributed by atoms with van der Waals surface area (Å²) < 4.78 is 68.9. The number of ether oxygens (including phenoxy) is 1. The predicted molar refractivity (Wildman–Crippen MR) is 464 cm³/mol. The zero-order chi connectivity index (χ0) is 88.2. The summed E-state index contributed by atoms with van der Waals surface area (Å²) in [5.41, 5.74) is 20.7. The Morgan fingerprint density at radius 1 is 0.438 bits per heavy atom. The highest BCUT2D eigenvalue weighted by Gasteiger charge is 2.40. The second-order valence-corrected chi connectivity index (χ2v) is 31.3. The number of pyridine rings is 1. The molecule has 5 heterocycles. The van der Waals surface area contributed by atoms with E-state index >= 15 is 0 Å². The van der Waals surface area contributed by atoms with Gasteiger partial charge in [0.25, 0.3) is 0 Å². The third-order valence-electron chi connectivity index (χ3n) is 17.4. The van der Waals surface area contributed by atoms with Crippen molar-refractivity contribution in [1.82, 2.24) is 25.0 Å². The second kappa shape index (κ2) is 45.7. The van der Waals surface area contributed by atoms with Crippen molar-refractivity contribution in [1.29, 1.82) is 0 Å². The van der Waals surface area contributed by atoms with Crippen LogP contribution < -0.4 is 16.8 Å². The number of piperidine rings is 3. The number of Topliss-reactive ketones (excluding diaryl/α,β-unsaturated/α-hetero) is 3. The first-order valence-corrected chi connectivity index (χ1v) is 39.6. The summed E-state index contributed by atoms with van der Waals surface area (Å²) in [6.07, 6.45) is 2.25. The topological polar surface area (TPSA) is 293 Å². The van der Waals surface area contributed by atoms with Crippen LogP contribution in [0, 0.1) is 0 Å². The van der Waals surface area contributed by atoms with Crippen LogP contribution in [0.3, 0.4) is 0 Å². The van der Waals surface area contributed by atoms with Crippen molar-refractivity contribution >= 4 is 235 Å². The molecule has 4 aliphatic heterocycles. The van der Waals surface area contributed by atoms with Gasteiger partial charge in [-0.15, -0.1) is 12.4 Å². The number of phenols is 1. The molecule has 8 N–H and O–H groups in total. The van der Waals surface area contributed by atoms with E-state index in [-0.39, 0.29) is 105 Å². The smallest absolute Gasteiger partial charge is 0.490 e. The maximum Gasteiger partial charge on any atom is 0.490 e. The van der Waals surface area contributed by atoms with Crippen LogP contribution >= 0.6 is 152 Å². The van der Waals surface area contributed by atoms with Crippen LogP contribution in [0.4, 0.5) is 26.3 Å². The number of phenolic OH excluding ortho intramolecular Hbond substituents is 1. The third-order valence-corrected chi connectivity index (χ3v) is 21.9. The minimum absolute atomic E-state index is 0. The van der Waals surface area contributed by atoms with Crippen LogP contribution in [0.1, 0.15) is 44.6 Å². The number of carboxylic acid groups (broad SMARTS) is 2.